The molecule has 0 saturated carbocycles. The van der Waals surface area contributed by atoms with Gasteiger partial charge in [-0.05, 0) is 56.3 Å². The lowest BCUT2D eigenvalue weighted by atomic mass is 9.78. The largest absolute Gasteiger partial charge is 0.378 e. The van der Waals surface area contributed by atoms with Crippen molar-refractivity contribution in [1.29, 1.82) is 0 Å². The lowest BCUT2D eigenvalue weighted by Gasteiger charge is -2.42. The van der Waals surface area contributed by atoms with Gasteiger partial charge in [-0.2, -0.15) is 5.10 Å². The van der Waals surface area contributed by atoms with Crippen LogP contribution in [0.4, 0.5) is 5.69 Å². The van der Waals surface area contributed by atoms with Gasteiger partial charge in [0, 0.05) is 46.7 Å². The summed E-state index contributed by atoms with van der Waals surface area (Å²) < 4.78 is 0. The molecule has 1 spiro atoms. The van der Waals surface area contributed by atoms with Gasteiger partial charge in [0.15, 0.2) is 17.4 Å². The van der Waals surface area contributed by atoms with E-state index in [-0.39, 0.29) is 11.3 Å². The van der Waals surface area contributed by atoms with E-state index in [1.807, 2.05) is 30.3 Å². The Hall–Kier alpha value is -3.06. The second-order valence-electron chi connectivity index (χ2n) is 7.26. The van der Waals surface area contributed by atoms with Crippen LogP contribution >= 0.6 is 0 Å². The van der Waals surface area contributed by atoms with E-state index in [1.165, 1.54) is 0 Å². The van der Waals surface area contributed by atoms with Crippen molar-refractivity contribution >= 4 is 11.5 Å². The fourth-order valence-electron chi connectivity index (χ4n) is 3.99. The van der Waals surface area contributed by atoms with Crippen molar-refractivity contribution in [1.82, 2.24) is 25.5 Å². The third kappa shape index (κ3) is 2.90. The highest BCUT2D eigenvalue weighted by Gasteiger charge is 2.39. The summed E-state index contributed by atoms with van der Waals surface area (Å²) in [6.07, 6.45) is 5.92. The van der Waals surface area contributed by atoms with Gasteiger partial charge >= 0.3 is 0 Å². The molecule has 2 aromatic heterocycles. The van der Waals surface area contributed by atoms with Crippen LogP contribution in [0.5, 0.6) is 0 Å². The number of aromatic nitrogens is 4. The molecule has 0 amide bonds. The van der Waals surface area contributed by atoms with Crippen LogP contribution in [-0.2, 0) is 0 Å². The monoisotopic (exact) mass is 360 g/mol. The van der Waals surface area contributed by atoms with Gasteiger partial charge in [0.05, 0.1) is 0 Å². The summed E-state index contributed by atoms with van der Waals surface area (Å²) in [6.45, 7) is 1.89. The standard InChI is InChI=1S/C20H20N6O/c27-17-12-20(5-9-22-10-6-20)24-16-2-1-14(11-15(16)17)19-23-18(25-26-19)13-3-7-21-8-4-13/h1-4,7-8,11,22,24H,5-6,9-10,12H2,(H,23,25,26). The highest BCUT2D eigenvalue weighted by molar-refractivity contribution is 6.05. The summed E-state index contributed by atoms with van der Waals surface area (Å²) in [4.78, 5) is 21.4. The Kier molecular flexibility index (Phi) is 3.75. The number of aromatic amines is 1. The Balaban J connectivity index is 1.46. The number of carbonyl (C=O) groups excluding carboxylic acids is 1. The first-order valence-electron chi connectivity index (χ1n) is 9.22. The quantitative estimate of drug-likeness (QED) is 0.650. The number of pyridine rings is 1. The van der Waals surface area contributed by atoms with Gasteiger partial charge in [0.1, 0.15) is 0 Å². The van der Waals surface area contributed by atoms with Crippen molar-refractivity contribution in [2.75, 3.05) is 18.4 Å². The van der Waals surface area contributed by atoms with Crippen LogP contribution in [0, 0.1) is 0 Å². The normalized spacial score (nSPS) is 18.1. The number of hydrogen-bond acceptors (Lipinski definition) is 6. The zero-order valence-corrected chi connectivity index (χ0v) is 14.8. The average molecular weight is 360 g/mol. The minimum Gasteiger partial charge on any atom is -0.378 e. The topological polar surface area (TPSA) is 95.6 Å². The van der Waals surface area contributed by atoms with E-state index in [2.05, 4.69) is 30.8 Å². The van der Waals surface area contributed by atoms with Crippen LogP contribution in [0.2, 0.25) is 0 Å². The third-order valence-corrected chi connectivity index (χ3v) is 5.48. The molecule has 3 aromatic rings. The number of carbonyl (C=O) groups is 1. The molecular weight excluding hydrogens is 340 g/mol. The molecule has 1 aromatic carbocycles. The van der Waals surface area contributed by atoms with E-state index in [0.29, 0.717) is 18.1 Å². The number of nitrogens with zero attached hydrogens (tertiary/aromatic N) is 3. The molecule has 2 aliphatic rings. The highest BCUT2D eigenvalue weighted by Crippen LogP contribution is 2.37. The molecule has 0 aliphatic carbocycles. The smallest absolute Gasteiger partial charge is 0.181 e. The van der Waals surface area contributed by atoms with Crippen LogP contribution in [-0.4, -0.2) is 44.6 Å². The molecule has 3 N–H and O–H groups in total. The molecule has 1 saturated heterocycles. The molecule has 0 bridgehead atoms. The van der Waals surface area contributed by atoms with Crippen LogP contribution < -0.4 is 10.6 Å². The lowest BCUT2D eigenvalue weighted by molar-refractivity contribution is 0.0937. The van der Waals surface area contributed by atoms with Gasteiger partial charge in [-0.15, -0.1) is 0 Å². The van der Waals surface area contributed by atoms with Gasteiger partial charge < -0.3 is 10.6 Å². The van der Waals surface area contributed by atoms with Gasteiger partial charge in [0.2, 0.25) is 0 Å². The number of rotatable bonds is 2. The molecule has 0 radical (unpaired) electrons. The van der Waals surface area contributed by atoms with Crippen molar-refractivity contribution < 1.29 is 4.79 Å². The van der Waals surface area contributed by atoms with Crippen molar-refractivity contribution in [3.63, 3.8) is 0 Å². The molecule has 7 nitrogen and oxygen atoms in total. The summed E-state index contributed by atoms with van der Waals surface area (Å²) in [6, 6.07) is 9.61. The van der Waals surface area contributed by atoms with Crippen LogP contribution in [0.15, 0.2) is 42.7 Å². The Morgan fingerprint density at radius 1 is 1.00 bits per heavy atom. The van der Waals surface area contributed by atoms with Gasteiger partial charge in [-0.1, -0.05) is 0 Å². The number of anilines is 1. The molecule has 0 atom stereocenters. The first-order chi connectivity index (χ1) is 13.2. The average Bonchev–Trinajstić information content (AvgIpc) is 3.19. The fourth-order valence-corrected chi connectivity index (χ4v) is 3.99. The number of nitrogens with one attached hydrogen (secondary N) is 3. The summed E-state index contributed by atoms with van der Waals surface area (Å²) in [5.74, 6) is 1.46. The fraction of sp³-hybridized carbons (Fsp3) is 0.300. The predicted molar refractivity (Wildman–Crippen MR) is 102 cm³/mol. The first-order valence-corrected chi connectivity index (χ1v) is 9.22. The molecule has 5 rings (SSSR count). The molecule has 1 fully saturated rings. The van der Waals surface area contributed by atoms with E-state index < -0.39 is 0 Å². The third-order valence-electron chi connectivity index (χ3n) is 5.48. The Labute approximate surface area is 156 Å². The predicted octanol–water partition coefficient (Wildman–Crippen LogP) is 2.65. The Bertz CT molecular complexity index is 991. The lowest BCUT2D eigenvalue weighted by Crippen LogP contribution is -2.51. The maximum Gasteiger partial charge on any atom is 0.181 e. The number of benzene rings is 1. The number of Topliss-reactive ketones (excluding diaryl/α,β-unsaturated/α-hetero) is 1. The van der Waals surface area contributed by atoms with Gasteiger partial charge in [0.25, 0.3) is 0 Å². The number of H-pyrrole nitrogens is 1. The zero-order valence-electron chi connectivity index (χ0n) is 14.8. The van der Waals surface area contributed by atoms with Gasteiger partial charge in [-0.3, -0.25) is 14.9 Å². The number of ketones is 1. The van der Waals surface area contributed by atoms with Gasteiger partial charge in [-0.25, -0.2) is 4.98 Å². The maximum absolute atomic E-state index is 12.9. The number of hydrogen-bond donors (Lipinski definition) is 3. The maximum atomic E-state index is 12.9. The Morgan fingerprint density at radius 3 is 2.63 bits per heavy atom. The van der Waals surface area contributed by atoms with Crippen LogP contribution in [0.25, 0.3) is 22.8 Å². The van der Waals surface area contributed by atoms with Crippen molar-refractivity contribution in [3.05, 3.63) is 48.3 Å². The SMILES string of the molecule is O=C1CC2(CCNCC2)Nc2ccc(-c3n[nH]c(-c4ccncc4)n3)cc21. The molecule has 27 heavy (non-hydrogen) atoms. The minimum atomic E-state index is -0.101. The van der Waals surface area contributed by atoms with Crippen molar-refractivity contribution in [2.24, 2.45) is 0 Å². The molecule has 4 heterocycles. The zero-order chi connectivity index (χ0) is 18.3. The molecule has 0 unspecified atom stereocenters. The van der Waals surface area contributed by atoms with Crippen LogP contribution in [0.1, 0.15) is 29.6 Å². The number of piperidine rings is 1. The minimum absolute atomic E-state index is 0.101. The summed E-state index contributed by atoms with van der Waals surface area (Å²) in [7, 11) is 0. The van der Waals surface area contributed by atoms with E-state index in [1.54, 1.807) is 12.4 Å². The van der Waals surface area contributed by atoms with E-state index in [4.69, 9.17) is 0 Å². The second-order valence-corrected chi connectivity index (χ2v) is 7.26. The second kappa shape index (κ2) is 6.28. The molecule has 7 heteroatoms. The molecular formula is C20H20N6O. The van der Waals surface area contributed by atoms with Crippen LogP contribution in [0.3, 0.4) is 0 Å². The Morgan fingerprint density at radius 2 is 1.81 bits per heavy atom. The van der Waals surface area contributed by atoms with E-state index in [0.717, 1.165) is 48.3 Å². The number of fused-ring (bicyclic) bond motifs is 1. The summed E-state index contributed by atoms with van der Waals surface area (Å²) >= 11 is 0. The molecule has 136 valence electrons. The van der Waals surface area contributed by atoms with E-state index in [9.17, 15) is 4.79 Å². The summed E-state index contributed by atoms with van der Waals surface area (Å²) in [5.41, 5.74) is 3.30. The first kappa shape index (κ1) is 16.1. The highest BCUT2D eigenvalue weighted by atomic mass is 16.1. The van der Waals surface area contributed by atoms with Crippen molar-refractivity contribution in [2.45, 2.75) is 24.8 Å². The van der Waals surface area contributed by atoms with E-state index >= 15 is 0 Å². The van der Waals surface area contributed by atoms with Crippen molar-refractivity contribution in [3.8, 4) is 22.8 Å². The molecule has 2 aliphatic heterocycles. The summed E-state index contributed by atoms with van der Waals surface area (Å²) in [5, 5.41) is 14.3.